The van der Waals surface area contributed by atoms with Gasteiger partial charge in [-0.1, -0.05) is 30.3 Å². The summed E-state index contributed by atoms with van der Waals surface area (Å²) in [5.74, 6) is 0.818. The first-order chi connectivity index (χ1) is 13.3. The molecule has 0 bridgehead atoms. The average Bonchev–Trinajstić information content (AvgIpc) is 3.36. The Morgan fingerprint density at radius 1 is 1.04 bits per heavy atom. The van der Waals surface area contributed by atoms with Crippen LogP contribution in [0.25, 0.3) is 10.9 Å². The van der Waals surface area contributed by atoms with Gasteiger partial charge in [-0.2, -0.15) is 0 Å². The van der Waals surface area contributed by atoms with E-state index in [1.54, 1.807) is 0 Å². The van der Waals surface area contributed by atoms with Crippen LogP contribution >= 0.6 is 0 Å². The van der Waals surface area contributed by atoms with E-state index >= 15 is 0 Å². The standard InChI is InChI=1S/C22H25N3O2/c26-22(25-11-3-4-12-25)16-27-20-9-7-17(8-10-20)14-23-15-19-13-18-5-1-2-6-21(18)24-19/h1-2,5-10,13,23-24H,3-4,11-12,14-16H2. The number of ether oxygens (including phenoxy) is 1. The molecule has 1 fully saturated rings. The van der Waals surface area contributed by atoms with Crippen molar-refractivity contribution >= 4 is 16.8 Å². The second-order valence-electron chi connectivity index (χ2n) is 7.01. The van der Waals surface area contributed by atoms with Crippen molar-refractivity contribution in [3.8, 4) is 5.75 Å². The number of aromatic amines is 1. The number of benzene rings is 2. The third-order valence-electron chi connectivity index (χ3n) is 4.97. The van der Waals surface area contributed by atoms with Crippen LogP contribution in [0.4, 0.5) is 0 Å². The third kappa shape index (κ3) is 4.49. The van der Waals surface area contributed by atoms with E-state index in [1.165, 1.54) is 22.2 Å². The van der Waals surface area contributed by atoms with E-state index in [2.05, 4.69) is 34.6 Å². The van der Waals surface area contributed by atoms with Gasteiger partial charge < -0.3 is 19.9 Å². The molecule has 2 heterocycles. The number of hydrogen-bond acceptors (Lipinski definition) is 3. The molecule has 5 heteroatoms. The van der Waals surface area contributed by atoms with Crippen molar-refractivity contribution in [1.29, 1.82) is 0 Å². The van der Waals surface area contributed by atoms with Gasteiger partial charge in [0.05, 0.1) is 0 Å². The number of nitrogens with one attached hydrogen (secondary N) is 2. The molecule has 0 atom stereocenters. The predicted octanol–water partition coefficient (Wildman–Crippen LogP) is 3.46. The van der Waals surface area contributed by atoms with E-state index in [-0.39, 0.29) is 12.5 Å². The van der Waals surface area contributed by atoms with Crippen molar-refractivity contribution in [2.24, 2.45) is 0 Å². The number of H-pyrrole nitrogens is 1. The van der Waals surface area contributed by atoms with Crippen LogP contribution in [-0.2, 0) is 17.9 Å². The molecule has 1 aromatic heterocycles. The van der Waals surface area contributed by atoms with E-state index in [0.717, 1.165) is 44.8 Å². The van der Waals surface area contributed by atoms with Gasteiger partial charge in [0.25, 0.3) is 5.91 Å². The number of aromatic nitrogens is 1. The summed E-state index contributed by atoms with van der Waals surface area (Å²) in [6.07, 6.45) is 2.21. The largest absolute Gasteiger partial charge is 0.484 e. The molecule has 0 aliphatic carbocycles. The van der Waals surface area contributed by atoms with Crippen molar-refractivity contribution in [2.75, 3.05) is 19.7 Å². The number of fused-ring (bicyclic) bond motifs is 1. The predicted molar refractivity (Wildman–Crippen MR) is 107 cm³/mol. The molecular formula is C22H25N3O2. The fourth-order valence-electron chi connectivity index (χ4n) is 3.48. The first-order valence-electron chi connectivity index (χ1n) is 9.55. The summed E-state index contributed by atoms with van der Waals surface area (Å²) in [4.78, 5) is 17.3. The smallest absolute Gasteiger partial charge is 0.260 e. The van der Waals surface area contributed by atoms with Gasteiger partial charge in [-0.05, 0) is 48.1 Å². The summed E-state index contributed by atoms with van der Waals surface area (Å²) in [6.45, 7) is 3.42. The summed E-state index contributed by atoms with van der Waals surface area (Å²) in [5, 5.41) is 4.69. The van der Waals surface area contributed by atoms with Crippen LogP contribution in [0, 0.1) is 0 Å². The molecule has 3 aromatic rings. The maximum Gasteiger partial charge on any atom is 0.260 e. The highest BCUT2D eigenvalue weighted by molar-refractivity contribution is 5.80. The van der Waals surface area contributed by atoms with Crippen molar-refractivity contribution in [3.05, 3.63) is 65.9 Å². The van der Waals surface area contributed by atoms with Gasteiger partial charge in [-0.15, -0.1) is 0 Å². The Labute approximate surface area is 159 Å². The van der Waals surface area contributed by atoms with E-state index < -0.39 is 0 Å². The van der Waals surface area contributed by atoms with Crippen LogP contribution in [0.3, 0.4) is 0 Å². The summed E-state index contributed by atoms with van der Waals surface area (Å²) in [6, 6.07) is 18.4. The molecule has 1 aliphatic rings. The lowest BCUT2D eigenvalue weighted by atomic mass is 10.2. The molecule has 0 spiro atoms. The highest BCUT2D eigenvalue weighted by Crippen LogP contribution is 2.16. The van der Waals surface area contributed by atoms with Crippen molar-refractivity contribution in [2.45, 2.75) is 25.9 Å². The highest BCUT2D eigenvalue weighted by atomic mass is 16.5. The van der Waals surface area contributed by atoms with Crippen LogP contribution in [0.1, 0.15) is 24.1 Å². The molecule has 0 unspecified atom stereocenters. The van der Waals surface area contributed by atoms with E-state index in [4.69, 9.17) is 4.74 Å². The highest BCUT2D eigenvalue weighted by Gasteiger charge is 2.17. The minimum atomic E-state index is 0.0802. The molecule has 1 aliphatic heterocycles. The fraction of sp³-hybridized carbons (Fsp3) is 0.318. The number of carbonyl (C=O) groups excluding carboxylic acids is 1. The molecule has 1 amide bonds. The Morgan fingerprint density at radius 2 is 1.81 bits per heavy atom. The molecule has 2 aromatic carbocycles. The molecule has 0 saturated carbocycles. The topological polar surface area (TPSA) is 57.4 Å². The lowest BCUT2D eigenvalue weighted by molar-refractivity contribution is -0.132. The van der Waals surface area contributed by atoms with E-state index in [1.807, 2.05) is 35.2 Å². The third-order valence-corrected chi connectivity index (χ3v) is 4.97. The molecule has 140 valence electrons. The van der Waals surface area contributed by atoms with Gasteiger partial charge in [0, 0.05) is 37.4 Å². The zero-order chi connectivity index (χ0) is 18.5. The normalized spacial score (nSPS) is 14.0. The summed E-state index contributed by atoms with van der Waals surface area (Å²) >= 11 is 0. The lowest BCUT2D eigenvalue weighted by Gasteiger charge is -2.15. The van der Waals surface area contributed by atoms with Gasteiger partial charge >= 0.3 is 0 Å². The fourth-order valence-corrected chi connectivity index (χ4v) is 3.48. The van der Waals surface area contributed by atoms with Crippen molar-refractivity contribution in [3.63, 3.8) is 0 Å². The van der Waals surface area contributed by atoms with E-state index in [0.29, 0.717) is 0 Å². The Balaban J connectivity index is 1.23. The zero-order valence-corrected chi connectivity index (χ0v) is 15.4. The van der Waals surface area contributed by atoms with Crippen LogP contribution in [-0.4, -0.2) is 35.5 Å². The Hall–Kier alpha value is -2.79. The number of amides is 1. The second-order valence-corrected chi connectivity index (χ2v) is 7.01. The van der Waals surface area contributed by atoms with Crippen LogP contribution in [0.2, 0.25) is 0 Å². The SMILES string of the molecule is O=C(COc1ccc(CNCc2cc3ccccc3[nH]2)cc1)N1CCCC1. The molecule has 5 nitrogen and oxygen atoms in total. The van der Waals surface area contributed by atoms with Crippen molar-refractivity contribution < 1.29 is 9.53 Å². The quantitative estimate of drug-likeness (QED) is 0.676. The maximum atomic E-state index is 12.0. The lowest BCUT2D eigenvalue weighted by Crippen LogP contribution is -2.32. The van der Waals surface area contributed by atoms with Crippen LogP contribution < -0.4 is 10.1 Å². The summed E-state index contributed by atoms with van der Waals surface area (Å²) in [7, 11) is 0. The van der Waals surface area contributed by atoms with Crippen LogP contribution in [0.5, 0.6) is 5.75 Å². The maximum absolute atomic E-state index is 12.0. The van der Waals surface area contributed by atoms with Gasteiger partial charge in [-0.25, -0.2) is 0 Å². The monoisotopic (exact) mass is 363 g/mol. The number of hydrogen-bond donors (Lipinski definition) is 2. The molecular weight excluding hydrogens is 338 g/mol. The molecule has 0 radical (unpaired) electrons. The van der Waals surface area contributed by atoms with Gasteiger partial charge in [0.15, 0.2) is 6.61 Å². The summed E-state index contributed by atoms with van der Waals surface area (Å²) < 4.78 is 5.63. The Bertz CT molecular complexity index is 862. The number of carbonyl (C=O) groups is 1. The Morgan fingerprint density at radius 3 is 2.59 bits per heavy atom. The van der Waals surface area contributed by atoms with Gasteiger partial charge in [-0.3, -0.25) is 4.79 Å². The number of likely N-dealkylation sites (tertiary alicyclic amines) is 1. The molecule has 2 N–H and O–H groups in total. The number of rotatable bonds is 7. The van der Waals surface area contributed by atoms with Crippen molar-refractivity contribution in [1.82, 2.24) is 15.2 Å². The first kappa shape index (κ1) is 17.6. The minimum absolute atomic E-state index is 0.0802. The second kappa shape index (κ2) is 8.27. The average molecular weight is 363 g/mol. The van der Waals surface area contributed by atoms with Gasteiger partial charge in [0.2, 0.25) is 0 Å². The minimum Gasteiger partial charge on any atom is -0.484 e. The van der Waals surface area contributed by atoms with Crippen LogP contribution in [0.15, 0.2) is 54.6 Å². The molecule has 4 rings (SSSR count). The molecule has 1 saturated heterocycles. The first-order valence-corrected chi connectivity index (χ1v) is 9.55. The summed E-state index contributed by atoms with van der Waals surface area (Å²) in [5.41, 5.74) is 3.53. The number of nitrogens with zero attached hydrogens (tertiary/aromatic N) is 1. The number of para-hydroxylation sites is 1. The van der Waals surface area contributed by atoms with Gasteiger partial charge in [0.1, 0.15) is 5.75 Å². The zero-order valence-electron chi connectivity index (χ0n) is 15.4. The molecule has 27 heavy (non-hydrogen) atoms. The Kier molecular flexibility index (Phi) is 5.39. The van der Waals surface area contributed by atoms with E-state index in [9.17, 15) is 4.79 Å².